The van der Waals surface area contributed by atoms with Crippen LogP contribution in [0.15, 0.2) is 60.7 Å². The van der Waals surface area contributed by atoms with Crippen LogP contribution in [0.1, 0.15) is 49.3 Å². The summed E-state index contributed by atoms with van der Waals surface area (Å²) in [5, 5.41) is 10.3. The number of nitrogens with one attached hydrogen (secondary N) is 1. The third kappa shape index (κ3) is 6.86. The average molecular weight is 427 g/mol. The van der Waals surface area contributed by atoms with Gasteiger partial charge in [0.1, 0.15) is 6.10 Å². The van der Waals surface area contributed by atoms with E-state index in [4.69, 9.17) is 14.2 Å². The van der Waals surface area contributed by atoms with Crippen molar-refractivity contribution in [3.05, 3.63) is 71.8 Å². The van der Waals surface area contributed by atoms with Gasteiger partial charge in [0.2, 0.25) is 0 Å². The summed E-state index contributed by atoms with van der Waals surface area (Å²) in [5.41, 5.74) is 2.41. The molecule has 5 heteroatoms. The highest BCUT2D eigenvalue weighted by atomic mass is 16.6. The number of likely N-dealkylation sites (tertiary alicyclic amines) is 1. The molecule has 0 saturated carbocycles. The van der Waals surface area contributed by atoms with Crippen LogP contribution in [-0.2, 0) is 14.2 Å². The van der Waals surface area contributed by atoms with E-state index in [9.17, 15) is 5.11 Å². The van der Waals surface area contributed by atoms with Gasteiger partial charge in [-0.2, -0.15) is 0 Å². The zero-order valence-corrected chi connectivity index (χ0v) is 18.3. The molecule has 31 heavy (non-hydrogen) atoms. The van der Waals surface area contributed by atoms with Gasteiger partial charge in [-0.05, 0) is 24.0 Å². The summed E-state index contributed by atoms with van der Waals surface area (Å²) >= 11 is 0. The molecule has 0 aromatic heterocycles. The first-order chi connectivity index (χ1) is 15.3. The highest BCUT2D eigenvalue weighted by molar-refractivity contribution is 5.30. The molecule has 0 amide bonds. The first-order valence-electron chi connectivity index (χ1n) is 11.8. The summed E-state index contributed by atoms with van der Waals surface area (Å²) in [6.45, 7) is 4.57. The van der Waals surface area contributed by atoms with Crippen LogP contribution in [0, 0.1) is 0 Å². The minimum Gasteiger partial charge on any atom is -0.381 e. The summed E-state index contributed by atoms with van der Waals surface area (Å²) in [5.74, 6) is 0. The van der Waals surface area contributed by atoms with Gasteiger partial charge in [-0.15, -0.1) is 0 Å². The molecule has 2 N–H and O–H groups in total. The number of benzene rings is 2. The molecule has 2 aromatic rings. The number of quaternary nitrogens is 1. The highest BCUT2D eigenvalue weighted by Gasteiger charge is 2.27. The van der Waals surface area contributed by atoms with Crippen molar-refractivity contribution in [2.24, 2.45) is 0 Å². The number of ether oxygens (including phenoxy) is 3. The molecule has 0 spiro atoms. The van der Waals surface area contributed by atoms with E-state index in [1.165, 1.54) is 16.0 Å². The maximum absolute atomic E-state index is 10.3. The molecule has 5 nitrogen and oxygen atoms in total. The predicted octanol–water partition coefficient (Wildman–Crippen LogP) is 2.74. The Morgan fingerprint density at radius 2 is 1.35 bits per heavy atom. The lowest BCUT2D eigenvalue weighted by Crippen LogP contribution is -3.13. The lowest BCUT2D eigenvalue weighted by molar-refractivity contribution is -0.907. The molecule has 2 saturated heterocycles. The largest absolute Gasteiger partial charge is 0.381 e. The smallest absolute Gasteiger partial charge is 0.160 e. The lowest BCUT2D eigenvalue weighted by Gasteiger charge is -2.33. The molecule has 0 radical (unpaired) electrons. The van der Waals surface area contributed by atoms with Crippen LogP contribution < -0.4 is 4.90 Å². The predicted molar refractivity (Wildman–Crippen MR) is 120 cm³/mol. The Morgan fingerprint density at radius 1 is 0.806 bits per heavy atom. The second-order valence-electron chi connectivity index (χ2n) is 8.73. The topological polar surface area (TPSA) is 52.4 Å². The molecule has 2 aliphatic heterocycles. The van der Waals surface area contributed by atoms with Gasteiger partial charge in [0, 0.05) is 32.5 Å². The average Bonchev–Trinajstić information content (AvgIpc) is 2.84. The van der Waals surface area contributed by atoms with Crippen LogP contribution in [-0.4, -0.2) is 56.5 Å². The molecule has 0 aliphatic carbocycles. The van der Waals surface area contributed by atoms with Gasteiger partial charge in [-0.3, -0.25) is 0 Å². The maximum atomic E-state index is 10.3. The fourth-order valence-electron chi connectivity index (χ4n) is 4.61. The SMILES string of the molecule is OC(CC[NH+]1CCC(OC(c2ccccc2)c2ccccc2)CC1)OC1CCOCC1. The summed E-state index contributed by atoms with van der Waals surface area (Å²) < 4.78 is 17.8. The monoisotopic (exact) mass is 426 g/mol. The Hall–Kier alpha value is -1.76. The number of hydrogen-bond acceptors (Lipinski definition) is 4. The van der Waals surface area contributed by atoms with Crippen LogP contribution in [0.5, 0.6) is 0 Å². The normalized spacial score (nSPS) is 23.7. The molecule has 2 fully saturated rings. The van der Waals surface area contributed by atoms with Crippen molar-refractivity contribution in [3.8, 4) is 0 Å². The van der Waals surface area contributed by atoms with Gasteiger partial charge < -0.3 is 24.2 Å². The molecule has 1 atom stereocenters. The molecular formula is C26H36NO4+. The Morgan fingerprint density at radius 3 is 1.94 bits per heavy atom. The number of piperidine rings is 1. The van der Waals surface area contributed by atoms with E-state index in [2.05, 4.69) is 48.5 Å². The molecule has 4 rings (SSSR count). The van der Waals surface area contributed by atoms with Gasteiger partial charge in [-0.1, -0.05) is 60.7 Å². The number of rotatable bonds is 9. The quantitative estimate of drug-likeness (QED) is 0.606. The molecule has 0 bridgehead atoms. The Labute approximate surface area is 185 Å². The number of aliphatic hydroxyl groups is 1. The first kappa shape index (κ1) is 22.4. The first-order valence-corrected chi connectivity index (χ1v) is 11.8. The van der Waals surface area contributed by atoms with Crippen LogP contribution in [0.2, 0.25) is 0 Å². The summed E-state index contributed by atoms with van der Waals surface area (Å²) in [4.78, 5) is 1.53. The number of hydrogen-bond donors (Lipinski definition) is 2. The van der Waals surface area contributed by atoms with Crippen molar-refractivity contribution in [1.29, 1.82) is 0 Å². The van der Waals surface area contributed by atoms with Crippen molar-refractivity contribution in [2.45, 2.75) is 56.7 Å². The third-order valence-electron chi connectivity index (χ3n) is 6.44. The standard InChI is InChI=1S/C26H35NO4/c28-25(30-24-14-19-29-20-15-24)13-18-27-16-11-23(12-17-27)31-26(21-7-3-1-4-8-21)22-9-5-2-6-10-22/h1-10,23-26,28H,11-20H2/p+1. The van der Waals surface area contributed by atoms with Gasteiger partial charge in [0.15, 0.2) is 6.29 Å². The molecular weight excluding hydrogens is 390 g/mol. The fourth-order valence-corrected chi connectivity index (χ4v) is 4.61. The zero-order valence-electron chi connectivity index (χ0n) is 18.3. The van der Waals surface area contributed by atoms with E-state index in [1.807, 2.05) is 12.1 Å². The van der Waals surface area contributed by atoms with Gasteiger partial charge in [-0.25, -0.2) is 0 Å². The van der Waals surface area contributed by atoms with E-state index in [0.717, 1.165) is 58.5 Å². The third-order valence-corrected chi connectivity index (χ3v) is 6.44. The Kier molecular flexibility index (Phi) is 8.50. The van der Waals surface area contributed by atoms with E-state index >= 15 is 0 Å². The van der Waals surface area contributed by atoms with Crippen molar-refractivity contribution in [3.63, 3.8) is 0 Å². The molecule has 1 unspecified atom stereocenters. The summed E-state index contributed by atoms with van der Waals surface area (Å²) in [6.07, 6.45) is 4.27. The summed E-state index contributed by atoms with van der Waals surface area (Å²) in [6, 6.07) is 21.0. The van der Waals surface area contributed by atoms with Crippen molar-refractivity contribution < 1.29 is 24.2 Å². The second kappa shape index (κ2) is 11.7. The van der Waals surface area contributed by atoms with E-state index in [-0.39, 0.29) is 18.3 Å². The summed E-state index contributed by atoms with van der Waals surface area (Å²) in [7, 11) is 0. The minimum absolute atomic E-state index is 0.0244. The maximum Gasteiger partial charge on any atom is 0.160 e. The molecule has 168 valence electrons. The molecule has 2 aliphatic rings. The van der Waals surface area contributed by atoms with E-state index < -0.39 is 6.29 Å². The molecule has 2 heterocycles. The van der Waals surface area contributed by atoms with Gasteiger partial charge in [0.05, 0.1) is 31.8 Å². The number of aliphatic hydroxyl groups excluding tert-OH is 1. The highest BCUT2D eigenvalue weighted by Crippen LogP contribution is 2.28. The van der Waals surface area contributed by atoms with Crippen molar-refractivity contribution in [1.82, 2.24) is 0 Å². The van der Waals surface area contributed by atoms with Gasteiger partial charge in [0.25, 0.3) is 0 Å². The fraction of sp³-hybridized carbons (Fsp3) is 0.538. The van der Waals surface area contributed by atoms with Crippen LogP contribution >= 0.6 is 0 Å². The van der Waals surface area contributed by atoms with Crippen molar-refractivity contribution >= 4 is 0 Å². The van der Waals surface area contributed by atoms with E-state index in [0.29, 0.717) is 6.42 Å². The molecule has 2 aromatic carbocycles. The second-order valence-corrected chi connectivity index (χ2v) is 8.73. The van der Waals surface area contributed by atoms with Crippen LogP contribution in [0.3, 0.4) is 0 Å². The van der Waals surface area contributed by atoms with Crippen LogP contribution in [0.4, 0.5) is 0 Å². The minimum atomic E-state index is -0.662. The van der Waals surface area contributed by atoms with Crippen molar-refractivity contribution in [2.75, 3.05) is 32.8 Å². The van der Waals surface area contributed by atoms with E-state index in [1.54, 1.807) is 0 Å². The Balaban J connectivity index is 1.24. The van der Waals surface area contributed by atoms with Gasteiger partial charge >= 0.3 is 0 Å². The van der Waals surface area contributed by atoms with Crippen LogP contribution in [0.25, 0.3) is 0 Å². The zero-order chi connectivity index (χ0) is 21.3. The lowest BCUT2D eigenvalue weighted by atomic mass is 10.00. The Bertz CT molecular complexity index is 703.